The second-order valence-corrected chi connectivity index (χ2v) is 11.8. The van der Waals surface area contributed by atoms with Crippen LogP contribution in [0, 0.1) is 12.3 Å². The van der Waals surface area contributed by atoms with Crippen LogP contribution in [0.3, 0.4) is 0 Å². The van der Waals surface area contributed by atoms with E-state index in [-0.39, 0.29) is 5.91 Å². The maximum Gasteiger partial charge on any atom is 0.253 e. The van der Waals surface area contributed by atoms with Crippen molar-refractivity contribution in [2.75, 3.05) is 49.5 Å². The number of likely N-dealkylation sites (tertiary alicyclic amines) is 1. The normalized spacial score (nSPS) is 19.6. The van der Waals surface area contributed by atoms with Crippen LogP contribution in [0.15, 0.2) is 66.9 Å². The molecule has 0 bridgehead atoms. The number of rotatable bonds is 5. The summed E-state index contributed by atoms with van der Waals surface area (Å²) in [5.74, 6) is 0.597. The Hall–Kier alpha value is -3.95. The molecule has 9 nitrogen and oxygen atoms in total. The van der Waals surface area contributed by atoms with Crippen LogP contribution in [0.1, 0.15) is 40.7 Å². The Kier molecular flexibility index (Phi) is 6.01. The Morgan fingerprint density at radius 3 is 2.40 bits per heavy atom. The van der Waals surface area contributed by atoms with Crippen molar-refractivity contribution >= 4 is 28.9 Å². The third kappa shape index (κ3) is 4.49. The molecule has 1 amide bonds. The van der Waals surface area contributed by atoms with Crippen LogP contribution < -0.4 is 15.5 Å². The fourth-order valence-corrected chi connectivity index (χ4v) is 6.35. The molecular weight excluding hydrogens is 502 g/mol. The number of piperidine rings is 1. The molecule has 7 rings (SSSR count). The van der Waals surface area contributed by atoms with Gasteiger partial charge >= 0.3 is 0 Å². The highest BCUT2D eigenvalue weighted by Gasteiger charge is 2.44. The van der Waals surface area contributed by atoms with Crippen molar-refractivity contribution in [3.8, 4) is 0 Å². The van der Waals surface area contributed by atoms with Gasteiger partial charge in [-0.25, -0.2) is 4.52 Å². The molecule has 206 valence electrons. The lowest BCUT2D eigenvalue weighted by atomic mass is 9.81. The average Bonchev–Trinajstić information content (AvgIpc) is 3.59. The van der Waals surface area contributed by atoms with E-state index in [0.29, 0.717) is 29.8 Å². The van der Waals surface area contributed by atoms with Crippen molar-refractivity contribution in [1.29, 1.82) is 0 Å². The average molecular weight is 538 g/mol. The molecule has 0 unspecified atom stereocenters. The Morgan fingerprint density at radius 2 is 1.73 bits per heavy atom. The summed E-state index contributed by atoms with van der Waals surface area (Å²) in [6, 6.07) is 19.8. The van der Waals surface area contributed by atoms with Gasteiger partial charge in [-0.1, -0.05) is 29.8 Å². The summed E-state index contributed by atoms with van der Waals surface area (Å²) in [6.45, 7) is 7.21. The van der Waals surface area contributed by atoms with Gasteiger partial charge in [0.15, 0.2) is 5.65 Å². The maximum absolute atomic E-state index is 13.0. The van der Waals surface area contributed by atoms with E-state index in [1.165, 1.54) is 5.56 Å². The molecule has 1 spiro atoms. The number of hydrogen-bond acceptors (Lipinski definition) is 7. The summed E-state index contributed by atoms with van der Waals surface area (Å²) in [5.41, 5.74) is 4.96. The predicted octanol–water partition coefficient (Wildman–Crippen LogP) is 3.70. The number of nitrogens with zero attached hydrogens (tertiary/aromatic N) is 5. The topological polar surface area (TPSA) is 98.0 Å². The Balaban J connectivity index is 1.03. The number of amides is 1. The molecule has 3 N–H and O–H groups in total. The fourth-order valence-electron chi connectivity index (χ4n) is 6.35. The molecule has 5 heterocycles. The predicted molar refractivity (Wildman–Crippen MR) is 155 cm³/mol. The van der Waals surface area contributed by atoms with Crippen LogP contribution in [0.2, 0.25) is 0 Å². The second-order valence-electron chi connectivity index (χ2n) is 11.8. The van der Waals surface area contributed by atoms with Crippen LogP contribution in [0.4, 0.5) is 17.3 Å². The van der Waals surface area contributed by atoms with E-state index in [0.717, 1.165) is 68.3 Å². The summed E-state index contributed by atoms with van der Waals surface area (Å²) in [5, 5.41) is 22.6. The zero-order valence-corrected chi connectivity index (χ0v) is 22.8. The van der Waals surface area contributed by atoms with Gasteiger partial charge in [-0.15, -0.1) is 5.10 Å². The molecule has 40 heavy (non-hydrogen) atoms. The largest absolute Gasteiger partial charge is 0.385 e. The number of anilines is 3. The van der Waals surface area contributed by atoms with E-state index in [2.05, 4.69) is 45.8 Å². The zero-order valence-electron chi connectivity index (χ0n) is 22.8. The number of aromatic nitrogens is 3. The van der Waals surface area contributed by atoms with Gasteiger partial charge in [0, 0.05) is 62.1 Å². The van der Waals surface area contributed by atoms with Gasteiger partial charge in [0.25, 0.3) is 5.91 Å². The van der Waals surface area contributed by atoms with Crippen molar-refractivity contribution in [1.82, 2.24) is 24.8 Å². The summed E-state index contributed by atoms with van der Waals surface area (Å²) in [6.07, 6.45) is 4.28. The van der Waals surface area contributed by atoms with Gasteiger partial charge in [-0.3, -0.25) is 4.79 Å². The quantitative estimate of drug-likeness (QED) is 0.357. The van der Waals surface area contributed by atoms with E-state index in [1.54, 1.807) is 4.52 Å². The lowest BCUT2D eigenvalue weighted by Crippen LogP contribution is -2.55. The molecular formula is C31H35N7O2. The Bertz CT molecular complexity index is 1530. The van der Waals surface area contributed by atoms with Crippen molar-refractivity contribution in [2.45, 2.75) is 31.8 Å². The molecule has 3 saturated heterocycles. The smallest absolute Gasteiger partial charge is 0.253 e. The van der Waals surface area contributed by atoms with E-state index < -0.39 is 5.60 Å². The van der Waals surface area contributed by atoms with Crippen molar-refractivity contribution in [2.24, 2.45) is 5.41 Å². The molecule has 9 heteroatoms. The number of pyridine rings is 1. The number of aryl methyl sites for hydroxylation is 1. The number of nitrogens with one attached hydrogen (secondary N) is 2. The first-order chi connectivity index (χ1) is 19.4. The number of carbonyl (C=O) groups is 1. The molecule has 3 aliphatic rings. The van der Waals surface area contributed by atoms with E-state index >= 15 is 0 Å². The molecule has 4 aromatic rings. The third-order valence-corrected chi connectivity index (χ3v) is 8.98. The maximum atomic E-state index is 13.0. The monoisotopic (exact) mass is 537 g/mol. The molecule has 3 fully saturated rings. The number of hydrogen-bond donors (Lipinski definition) is 3. The van der Waals surface area contributed by atoms with Gasteiger partial charge < -0.3 is 25.5 Å². The standard InChI is InChI=1S/C31H35N7O2/c1-22-4-8-24(9-5-22)31(40)13-17-36(18-14-31)26-3-2-15-38-27(26)34-29(35-38)33-25-10-6-23(7-11-25)28(39)37-16-12-30(21-37)19-32-20-30/h2-11,15,32,40H,12-14,16-21H2,1H3,(H,33,35). The summed E-state index contributed by atoms with van der Waals surface area (Å²) in [7, 11) is 0. The molecule has 2 aromatic heterocycles. The lowest BCUT2D eigenvalue weighted by Gasteiger charge is -2.39. The van der Waals surface area contributed by atoms with Crippen molar-refractivity contribution in [3.63, 3.8) is 0 Å². The van der Waals surface area contributed by atoms with Gasteiger partial charge in [-0.2, -0.15) is 4.98 Å². The zero-order chi connectivity index (χ0) is 27.3. The lowest BCUT2D eigenvalue weighted by molar-refractivity contribution is 0.0118. The fraction of sp³-hybridized carbons (Fsp3) is 0.387. The van der Waals surface area contributed by atoms with Crippen LogP contribution in [0.25, 0.3) is 5.65 Å². The van der Waals surface area contributed by atoms with Crippen LogP contribution in [-0.4, -0.2) is 69.8 Å². The second kappa shape index (κ2) is 9.60. The highest BCUT2D eigenvalue weighted by molar-refractivity contribution is 5.95. The minimum Gasteiger partial charge on any atom is -0.385 e. The van der Waals surface area contributed by atoms with Crippen LogP contribution in [0.5, 0.6) is 0 Å². The highest BCUT2D eigenvalue weighted by atomic mass is 16.3. The van der Waals surface area contributed by atoms with Gasteiger partial charge in [0.2, 0.25) is 5.95 Å². The minimum absolute atomic E-state index is 0.0987. The first kappa shape index (κ1) is 25.0. The van der Waals surface area contributed by atoms with Crippen LogP contribution >= 0.6 is 0 Å². The molecule has 0 radical (unpaired) electrons. The molecule has 0 aliphatic carbocycles. The third-order valence-electron chi connectivity index (χ3n) is 8.98. The van der Waals surface area contributed by atoms with Gasteiger partial charge in [-0.05, 0) is 68.1 Å². The van der Waals surface area contributed by atoms with E-state index in [1.807, 2.05) is 53.6 Å². The number of aliphatic hydroxyl groups is 1. The van der Waals surface area contributed by atoms with Gasteiger partial charge in [0.1, 0.15) is 0 Å². The van der Waals surface area contributed by atoms with E-state index in [4.69, 9.17) is 4.98 Å². The number of carbonyl (C=O) groups excluding carboxylic acids is 1. The van der Waals surface area contributed by atoms with Crippen LogP contribution in [-0.2, 0) is 5.60 Å². The first-order valence-corrected chi connectivity index (χ1v) is 14.2. The molecule has 0 saturated carbocycles. The Labute approximate surface area is 233 Å². The Morgan fingerprint density at radius 1 is 0.975 bits per heavy atom. The SMILES string of the molecule is Cc1ccc(C2(O)CCN(c3cccn4nc(Nc5ccc(C(=O)N6CCC7(CNC7)C6)cc5)nc34)CC2)cc1. The van der Waals surface area contributed by atoms with E-state index in [9.17, 15) is 9.90 Å². The van der Waals surface area contributed by atoms with Gasteiger partial charge in [0.05, 0.1) is 11.3 Å². The summed E-state index contributed by atoms with van der Waals surface area (Å²) in [4.78, 5) is 22.1. The number of fused-ring (bicyclic) bond motifs is 1. The summed E-state index contributed by atoms with van der Waals surface area (Å²) < 4.78 is 1.79. The number of benzene rings is 2. The highest BCUT2D eigenvalue weighted by Crippen LogP contribution is 2.36. The minimum atomic E-state index is -0.812. The molecule has 2 aromatic carbocycles. The molecule has 0 atom stereocenters. The van der Waals surface area contributed by atoms with Crippen molar-refractivity contribution in [3.05, 3.63) is 83.6 Å². The molecule has 3 aliphatic heterocycles. The summed E-state index contributed by atoms with van der Waals surface area (Å²) >= 11 is 0. The first-order valence-electron chi connectivity index (χ1n) is 14.2. The van der Waals surface area contributed by atoms with Crippen molar-refractivity contribution < 1.29 is 9.90 Å².